The standard InChI is InChI=1S/C3H10N2.H2O4S/c1-3(5)2-4;1-5(2,3)4/h3H,2,4-5H2,1H3;(H2,1,2,3,4)/t3-;/m0./s1. The van der Waals surface area contributed by atoms with Gasteiger partial charge in [0, 0.05) is 12.6 Å². The molecule has 0 aliphatic heterocycles. The van der Waals surface area contributed by atoms with Gasteiger partial charge in [-0.25, -0.2) is 0 Å². The fourth-order valence-corrected chi connectivity index (χ4v) is 0. The summed E-state index contributed by atoms with van der Waals surface area (Å²) in [6, 6.07) is 0.162. The first-order valence-electron chi connectivity index (χ1n) is 2.43. The van der Waals surface area contributed by atoms with Crippen LogP contribution in [0.25, 0.3) is 0 Å². The van der Waals surface area contributed by atoms with Crippen LogP contribution in [0.1, 0.15) is 6.92 Å². The van der Waals surface area contributed by atoms with Crippen LogP contribution >= 0.6 is 0 Å². The van der Waals surface area contributed by atoms with Crippen molar-refractivity contribution in [3.8, 4) is 0 Å². The Balaban J connectivity index is 0. The molecule has 0 aromatic heterocycles. The minimum absolute atomic E-state index is 0.162. The SMILES string of the molecule is C[C@H](N)CN.O=S(=O)(O)O. The van der Waals surface area contributed by atoms with Crippen molar-refractivity contribution in [1.29, 1.82) is 0 Å². The Morgan fingerprint density at radius 3 is 1.60 bits per heavy atom. The quantitative estimate of drug-likeness (QED) is 0.362. The van der Waals surface area contributed by atoms with Crippen LogP contribution in [-0.2, 0) is 10.4 Å². The fraction of sp³-hybridized carbons (Fsp3) is 1.00. The van der Waals surface area contributed by atoms with E-state index in [0.717, 1.165) is 0 Å². The highest BCUT2D eigenvalue weighted by molar-refractivity contribution is 7.79. The van der Waals surface area contributed by atoms with E-state index in [9.17, 15) is 0 Å². The molecule has 0 aromatic rings. The molecule has 0 amide bonds. The van der Waals surface area contributed by atoms with Gasteiger partial charge in [-0.1, -0.05) is 0 Å². The molecule has 0 bridgehead atoms. The average molecular weight is 172 g/mol. The van der Waals surface area contributed by atoms with E-state index in [2.05, 4.69) is 0 Å². The summed E-state index contributed by atoms with van der Waals surface area (Å²) in [5.74, 6) is 0. The van der Waals surface area contributed by atoms with Gasteiger partial charge >= 0.3 is 10.4 Å². The molecule has 0 fully saturated rings. The Morgan fingerprint density at radius 2 is 1.60 bits per heavy atom. The summed E-state index contributed by atoms with van der Waals surface area (Å²) in [4.78, 5) is 0. The van der Waals surface area contributed by atoms with Crippen molar-refractivity contribution in [2.45, 2.75) is 13.0 Å². The Morgan fingerprint density at radius 1 is 1.50 bits per heavy atom. The van der Waals surface area contributed by atoms with Gasteiger partial charge in [0.2, 0.25) is 0 Å². The zero-order chi connectivity index (χ0) is 8.78. The largest absolute Gasteiger partial charge is 0.394 e. The molecule has 0 spiro atoms. The van der Waals surface area contributed by atoms with E-state index in [-0.39, 0.29) is 6.04 Å². The first-order valence-corrected chi connectivity index (χ1v) is 3.82. The minimum atomic E-state index is -4.67. The van der Waals surface area contributed by atoms with E-state index in [1.54, 1.807) is 0 Å². The van der Waals surface area contributed by atoms with Gasteiger partial charge in [0.15, 0.2) is 0 Å². The second-order valence-corrected chi connectivity index (χ2v) is 2.56. The molecular formula is C3H12N2O4S. The molecule has 0 aliphatic carbocycles. The highest BCUT2D eigenvalue weighted by atomic mass is 32.3. The van der Waals surface area contributed by atoms with Crippen molar-refractivity contribution in [2.75, 3.05) is 6.54 Å². The topological polar surface area (TPSA) is 127 Å². The molecule has 0 aromatic carbocycles. The number of hydrogen-bond acceptors (Lipinski definition) is 4. The number of hydrogen-bond donors (Lipinski definition) is 4. The van der Waals surface area contributed by atoms with Crippen LogP contribution in [0.5, 0.6) is 0 Å². The van der Waals surface area contributed by atoms with Crippen molar-refractivity contribution in [1.82, 2.24) is 0 Å². The van der Waals surface area contributed by atoms with Gasteiger partial charge in [0.25, 0.3) is 0 Å². The second-order valence-electron chi connectivity index (χ2n) is 1.66. The Bertz CT molecular complexity index is 144. The summed E-state index contributed by atoms with van der Waals surface area (Å²) in [5.41, 5.74) is 10.2. The van der Waals surface area contributed by atoms with Gasteiger partial charge < -0.3 is 11.5 Å². The van der Waals surface area contributed by atoms with Crippen molar-refractivity contribution in [3.05, 3.63) is 0 Å². The molecule has 0 saturated carbocycles. The Kier molecular flexibility index (Phi) is 6.94. The molecule has 1 atom stereocenters. The predicted octanol–water partition coefficient (Wildman–Crippen LogP) is -1.36. The van der Waals surface area contributed by atoms with Crippen molar-refractivity contribution in [3.63, 3.8) is 0 Å². The zero-order valence-electron chi connectivity index (χ0n) is 5.56. The van der Waals surface area contributed by atoms with Crippen molar-refractivity contribution < 1.29 is 17.5 Å². The lowest BCUT2D eigenvalue weighted by Gasteiger charge is -1.92. The molecule has 0 rings (SSSR count). The van der Waals surface area contributed by atoms with Crippen LogP contribution < -0.4 is 11.5 Å². The van der Waals surface area contributed by atoms with Crippen molar-refractivity contribution in [2.24, 2.45) is 11.5 Å². The molecule has 6 nitrogen and oxygen atoms in total. The van der Waals surface area contributed by atoms with Gasteiger partial charge in [-0.2, -0.15) is 8.42 Å². The first-order chi connectivity index (χ1) is 4.27. The summed E-state index contributed by atoms with van der Waals surface area (Å²) >= 11 is 0. The van der Waals surface area contributed by atoms with E-state index in [1.165, 1.54) is 0 Å². The van der Waals surface area contributed by atoms with Gasteiger partial charge in [-0.15, -0.1) is 0 Å². The summed E-state index contributed by atoms with van der Waals surface area (Å²) in [7, 11) is -4.67. The number of nitrogens with two attached hydrogens (primary N) is 2. The third-order valence-corrected chi connectivity index (χ3v) is 0.372. The van der Waals surface area contributed by atoms with E-state index < -0.39 is 10.4 Å². The lowest BCUT2D eigenvalue weighted by atomic mass is 10.4. The molecule has 6 N–H and O–H groups in total. The van der Waals surface area contributed by atoms with Crippen LogP contribution in [0.2, 0.25) is 0 Å². The Hall–Kier alpha value is -0.210. The zero-order valence-corrected chi connectivity index (χ0v) is 6.37. The van der Waals surface area contributed by atoms with Gasteiger partial charge in [-0.3, -0.25) is 9.11 Å². The lowest BCUT2D eigenvalue weighted by Crippen LogP contribution is -2.25. The molecular weight excluding hydrogens is 160 g/mol. The molecule has 0 unspecified atom stereocenters. The minimum Gasteiger partial charge on any atom is -0.329 e. The molecule has 10 heavy (non-hydrogen) atoms. The van der Waals surface area contributed by atoms with E-state index in [4.69, 9.17) is 29.0 Å². The maximum atomic E-state index is 8.74. The van der Waals surface area contributed by atoms with Crippen LogP contribution in [-0.4, -0.2) is 30.1 Å². The first kappa shape index (κ1) is 12.5. The monoisotopic (exact) mass is 172 g/mol. The van der Waals surface area contributed by atoms with Gasteiger partial charge in [0.1, 0.15) is 0 Å². The smallest absolute Gasteiger partial charge is 0.329 e. The third-order valence-electron chi connectivity index (χ3n) is 0.372. The normalized spacial score (nSPS) is 13.3. The van der Waals surface area contributed by atoms with Crippen LogP contribution in [0.3, 0.4) is 0 Å². The van der Waals surface area contributed by atoms with Crippen molar-refractivity contribution >= 4 is 10.4 Å². The van der Waals surface area contributed by atoms with Crippen LogP contribution in [0.4, 0.5) is 0 Å². The average Bonchev–Trinajstić information content (AvgIpc) is 1.61. The Labute approximate surface area is 59.8 Å². The fourth-order valence-electron chi connectivity index (χ4n) is 0. The van der Waals surface area contributed by atoms with E-state index >= 15 is 0 Å². The third kappa shape index (κ3) is 112. The second kappa shape index (κ2) is 5.57. The maximum absolute atomic E-state index is 8.74. The molecule has 7 heteroatoms. The summed E-state index contributed by atoms with van der Waals surface area (Å²) in [6.45, 7) is 2.46. The van der Waals surface area contributed by atoms with Crippen LogP contribution in [0.15, 0.2) is 0 Å². The highest BCUT2D eigenvalue weighted by Gasteiger charge is 1.84. The summed E-state index contributed by atoms with van der Waals surface area (Å²) in [6.07, 6.45) is 0. The van der Waals surface area contributed by atoms with Gasteiger partial charge in [0.05, 0.1) is 0 Å². The number of rotatable bonds is 1. The predicted molar refractivity (Wildman–Crippen MR) is 36.9 cm³/mol. The van der Waals surface area contributed by atoms with E-state index in [1.807, 2.05) is 6.92 Å². The lowest BCUT2D eigenvalue weighted by molar-refractivity contribution is 0.381. The van der Waals surface area contributed by atoms with Crippen LogP contribution in [0, 0.1) is 0 Å². The highest BCUT2D eigenvalue weighted by Crippen LogP contribution is 1.59. The van der Waals surface area contributed by atoms with E-state index in [0.29, 0.717) is 6.54 Å². The molecule has 0 saturated heterocycles. The maximum Gasteiger partial charge on any atom is 0.394 e. The molecule has 0 aliphatic rings. The molecule has 0 heterocycles. The molecule has 0 radical (unpaired) electrons. The summed E-state index contributed by atoms with van der Waals surface area (Å²) < 4.78 is 31.6. The summed E-state index contributed by atoms with van der Waals surface area (Å²) in [5, 5.41) is 0. The van der Waals surface area contributed by atoms with Gasteiger partial charge in [-0.05, 0) is 6.92 Å². The molecule has 64 valence electrons.